The number of carbonyl (C=O) groups is 1. The molecular weight excluding hydrogens is 331 g/mol. The predicted octanol–water partition coefficient (Wildman–Crippen LogP) is 3.85. The van der Waals surface area contributed by atoms with E-state index >= 15 is 0 Å². The fourth-order valence-corrected chi connectivity index (χ4v) is 3.26. The van der Waals surface area contributed by atoms with Crippen LogP contribution < -0.4 is 15.8 Å². The molecule has 1 atom stereocenters. The van der Waals surface area contributed by atoms with Gasteiger partial charge >= 0.3 is 0 Å². The molecule has 4 nitrogen and oxygen atoms in total. The minimum atomic E-state index is -0.716. The van der Waals surface area contributed by atoms with Crippen LogP contribution in [0.2, 0.25) is 0 Å². The normalized spacial score (nSPS) is 16.9. The Morgan fingerprint density at radius 2 is 1.77 bits per heavy atom. The van der Waals surface area contributed by atoms with Gasteiger partial charge in [0.05, 0.1) is 11.6 Å². The van der Waals surface area contributed by atoms with Gasteiger partial charge in [-0.15, -0.1) is 0 Å². The maximum atomic E-state index is 12.9. The molecule has 26 heavy (non-hydrogen) atoms. The van der Waals surface area contributed by atoms with Crippen LogP contribution in [0.4, 0.5) is 4.39 Å². The predicted molar refractivity (Wildman–Crippen MR) is 99.1 cm³/mol. The molecule has 3 N–H and O–H groups in total. The Morgan fingerprint density at radius 3 is 2.38 bits per heavy atom. The highest BCUT2D eigenvalue weighted by atomic mass is 19.1. The molecule has 0 aromatic heterocycles. The monoisotopic (exact) mass is 356 g/mol. The van der Waals surface area contributed by atoms with Crippen molar-refractivity contribution in [2.24, 2.45) is 5.73 Å². The van der Waals surface area contributed by atoms with Crippen molar-refractivity contribution < 1.29 is 13.9 Å². The summed E-state index contributed by atoms with van der Waals surface area (Å²) in [7, 11) is 0. The largest absolute Gasteiger partial charge is 0.489 e. The number of nitrogens with two attached hydrogens (primary N) is 1. The summed E-state index contributed by atoms with van der Waals surface area (Å²) in [4.78, 5) is 12.4. The molecule has 0 saturated heterocycles. The minimum Gasteiger partial charge on any atom is -0.489 e. The van der Waals surface area contributed by atoms with Gasteiger partial charge in [0.25, 0.3) is 0 Å². The van der Waals surface area contributed by atoms with Gasteiger partial charge in [-0.2, -0.15) is 0 Å². The quantitative estimate of drug-likeness (QED) is 0.826. The second kappa shape index (κ2) is 7.87. The van der Waals surface area contributed by atoms with Crippen LogP contribution in [0.1, 0.15) is 49.8 Å². The van der Waals surface area contributed by atoms with Crippen LogP contribution in [-0.2, 0) is 11.4 Å². The molecular formula is C21H25FN2O2. The zero-order valence-corrected chi connectivity index (χ0v) is 15.0. The van der Waals surface area contributed by atoms with Crippen LogP contribution in [0.5, 0.6) is 5.75 Å². The molecule has 1 fully saturated rings. The first kappa shape index (κ1) is 18.4. The second-order valence-corrected chi connectivity index (χ2v) is 7.04. The highest BCUT2D eigenvalue weighted by molar-refractivity contribution is 5.86. The lowest BCUT2D eigenvalue weighted by molar-refractivity contribution is -0.126. The third-order valence-corrected chi connectivity index (χ3v) is 4.99. The highest BCUT2D eigenvalue weighted by Gasteiger charge is 2.37. The molecule has 2 aromatic carbocycles. The van der Waals surface area contributed by atoms with Gasteiger partial charge in [-0.25, -0.2) is 4.39 Å². The molecule has 0 aliphatic heterocycles. The molecule has 0 spiro atoms. The van der Waals surface area contributed by atoms with E-state index < -0.39 is 5.54 Å². The second-order valence-electron chi connectivity index (χ2n) is 7.04. The van der Waals surface area contributed by atoms with Crippen molar-refractivity contribution in [2.45, 2.75) is 50.8 Å². The Hall–Kier alpha value is -2.40. The van der Waals surface area contributed by atoms with Gasteiger partial charge in [0.1, 0.15) is 18.2 Å². The van der Waals surface area contributed by atoms with Gasteiger partial charge in [-0.05, 0) is 55.2 Å². The van der Waals surface area contributed by atoms with Crippen molar-refractivity contribution >= 4 is 5.91 Å². The van der Waals surface area contributed by atoms with E-state index in [2.05, 4.69) is 5.32 Å². The average molecular weight is 356 g/mol. The Labute approximate surface area is 153 Å². The summed E-state index contributed by atoms with van der Waals surface area (Å²) in [6, 6.07) is 13.7. The van der Waals surface area contributed by atoms with Crippen LogP contribution in [0.3, 0.4) is 0 Å². The van der Waals surface area contributed by atoms with E-state index in [1.165, 1.54) is 12.1 Å². The third-order valence-electron chi connectivity index (χ3n) is 4.99. The van der Waals surface area contributed by atoms with Gasteiger partial charge in [-0.3, -0.25) is 4.79 Å². The first-order chi connectivity index (χ1) is 12.5. The summed E-state index contributed by atoms with van der Waals surface area (Å²) in [5.74, 6) is 0.396. The molecule has 0 bridgehead atoms. The molecule has 1 unspecified atom stereocenters. The number of hydrogen-bond donors (Lipinski definition) is 2. The molecule has 138 valence electrons. The Bertz CT molecular complexity index is 738. The maximum Gasteiger partial charge on any atom is 0.240 e. The van der Waals surface area contributed by atoms with Crippen LogP contribution in [-0.4, -0.2) is 11.4 Å². The number of amides is 1. The van der Waals surface area contributed by atoms with Crippen molar-refractivity contribution in [2.75, 3.05) is 0 Å². The SMILES string of the molecule is CC(NC(=O)C1(N)CCCC1)c1ccc(OCc2ccc(F)cc2)cc1. The summed E-state index contributed by atoms with van der Waals surface area (Å²) >= 11 is 0. The summed E-state index contributed by atoms with van der Waals surface area (Å²) in [5.41, 5.74) is 7.38. The molecule has 2 aromatic rings. The van der Waals surface area contributed by atoms with Crippen LogP contribution in [0.15, 0.2) is 48.5 Å². The topological polar surface area (TPSA) is 64.4 Å². The molecule has 5 heteroatoms. The molecule has 1 amide bonds. The molecule has 3 rings (SSSR count). The molecule has 0 radical (unpaired) electrons. The third kappa shape index (κ3) is 4.41. The minimum absolute atomic E-state index is 0.0702. The molecule has 1 aliphatic carbocycles. The van der Waals surface area contributed by atoms with E-state index in [0.717, 1.165) is 42.6 Å². The van der Waals surface area contributed by atoms with Crippen LogP contribution in [0.25, 0.3) is 0 Å². The first-order valence-electron chi connectivity index (χ1n) is 9.03. The summed E-state index contributed by atoms with van der Waals surface area (Å²) in [6.45, 7) is 2.33. The van der Waals surface area contributed by atoms with Crippen molar-refractivity contribution in [1.29, 1.82) is 0 Å². The number of carbonyl (C=O) groups excluding carboxylic acids is 1. The summed E-state index contributed by atoms with van der Waals surface area (Å²) in [6.07, 6.45) is 3.53. The Morgan fingerprint density at radius 1 is 1.15 bits per heavy atom. The van der Waals surface area contributed by atoms with Gasteiger partial charge in [-0.1, -0.05) is 37.1 Å². The Balaban J connectivity index is 1.54. The average Bonchev–Trinajstić information content (AvgIpc) is 3.10. The van der Waals surface area contributed by atoms with E-state index in [1.807, 2.05) is 31.2 Å². The zero-order valence-electron chi connectivity index (χ0n) is 15.0. The van der Waals surface area contributed by atoms with Crippen LogP contribution in [0, 0.1) is 5.82 Å². The molecule has 1 saturated carbocycles. The standard InChI is InChI=1S/C21H25FN2O2/c1-15(24-20(25)21(23)12-2-3-13-21)17-6-10-19(11-7-17)26-14-16-4-8-18(22)9-5-16/h4-11,15H,2-3,12-14,23H2,1H3,(H,24,25). The van der Waals surface area contributed by atoms with E-state index in [1.54, 1.807) is 12.1 Å². The van der Waals surface area contributed by atoms with E-state index in [4.69, 9.17) is 10.5 Å². The molecule has 1 aliphatic rings. The molecule has 0 heterocycles. The number of ether oxygens (including phenoxy) is 1. The van der Waals surface area contributed by atoms with E-state index in [9.17, 15) is 9.18 Å². The lowest BCUT2D eigenvalue weighted by Crippen LogP contribution is -2.52. The lowest BCUT2D eigenvalue weighted by atomic mass is 9.97. The number of hydrogen-bond acceptors (Lipinski definition) is 3. The summed E-state index contributed by atoms with van der Waals surface area (Å²) in [5, 5.41) is 3.02. The van der Waals surface area contributed by atoms with Crippen molar-refractivity contribution in [3.63, 3.8) is 0 Å². The first-order valence-corrected chi connectivity index (χ1v) is 9.03. The van der Waals surface area contributed by atoms with Gasteiger partial charge < -0.3 is 15.8 Å². The van der Waals surface area contributed by atoms with Gasteiger partial charge in [0.2, 0.25) is 5.91 Å². The Kier molecular flexibility index (Phi) is 5.57. The fraction of sp³-hybridized carbons (Fsp3) is 0.381. The zero-order chi connectivity index (χ0) is 18.6. The smallest absolute Gasteiger partial charge is 0.240 e. The lowest BCUT2D eigenvalue weighted by Gasteiger charge is -2.25. The maximum absolute atomic E-state index is 12.9. The van der Waals surface area contributed by atoms with Crippen LogP contribution >= 0.6 is 0 Å². The van der Waals surface area contributed by atoms with Crippen molar-refractivity contribution in [3.8, 4) is 5.75 Å². The number of halogens is 1. The summed E-state index contributed by atoms with van der Waals surface area (Å²) < 4.78 is 18.6. The number of benzene rings is 2. The van der Waals surface area contributed by atoms with E-state index in [0.29, 0.717) is 6.61 Å². The highest BCUT2D eigenvalue weighted by Crippen LogP contribution is 2.28. The fourth-order valence-electron chi connectivity index (χ4n) is 3.26. The number of nitrogens with one attached hydrogen (secondary N) is 1. The van der Waals surface area contributed by atoms with Gasteiger partial charge in [0, 0.05) is 0 Å². The van der Waals surface area contributed by atoms with Crippen molar-refractivity contribution in [3.05, 3.63) is 65.5 Å². The van der Waals surface area contributed by atoms with E-state index in [-0.39, 0.29) is 17.8 Å². The number of rotatable bonds is 6. The van der Waals surface area contributed by atoms with Crippen molar-refractivity contribution in [1.82, 2.24) is 5.32 Å². The van der Waals surface area contributed by atoms with Gasteiger partial charge in [0.15, 0.2) is 0 Å².